The maximum atomic E-state index is 12.4. The standard InChI is InChI=1S/C54H96N8O19/c1-56-41(51(55)71)18-16-17-28-57-44(63)24-21-40(52(72)73)27-29-58-45(64)25-23-43(54(76)77)62-49(68)39-81-37-35-79-33-31-60-48(67)38-80-36-34-78-32-30-59-46(65)26-22-42(53(74)75)61-47(66)19-14-12-10-8-6-4-2-3-5-7-9-11-13-15-20-50(69)70/h40-43,56H,2-39H2,1H3,(H2,55,71)(H,57,63)(H,58,64)(H,59,65)(H,60,67)(H,61,66)(H,62,68)(H,69,70)(H,72,73)(H,74,75)(H,76,77)/t40-,41+,42+,43+/m1/s1. The van der Waals surface area contributed by atoms with Gasteiger partial charge in [0.1, 0.15) is 25.3 Å². The second-order valence-electron chi connectivity index (χ2n) is 19.7. The summed E-state index contributed by atoms with van der Waals surface area (Å²) in [5.41, 5.74) is 5.28. The lowest BCUT2D eigenvalue weighted by Gasteiger charge is -2.15. The predicted octanol–water partition coefficient (Wildman–Crippen LogP) is 1.66. The normalized spacial score (nSPS) is 12.5. The molecule has 0 spiro atoms. The molecule has 0 aliphatic carbocycles. The van der Waals surface area contributed by atoms with Crippen molar-refractivity contribution in [3.8, 4) is 0 Å². The Hall–Kier alpha value is -6.03. The molecule has 0 saturated carbocycles. The number of carboxylic acid groups (broad SMARTS) is 4. The van der Waals surface area contributed by atoms with E-state index in [-0.39, 0.29) is 135 Å². The van der Waals surface area contributed by atoms with Crippen molar-refractivity contribution in [2.24, 2.45) is 11.7 Å². The van der Waals surface area contributed by atoms with Crippen LogP contribution in [-0.4, -0.2) is 190 Å². The molecule has 0 aromatic heterocycles. The van der Waals surface area contributed by atoms with E-state index in [1.165, 1.54) is 32.1 Å². The molecular formula is C54H96N8O19. The maximum Gasteiger partial charge on any atom is 0.326 e. The Kier molecular flexibility index (Phi) is 47.1. The van der Waals surface area contributed by atoms with Crippen molar-refractivity contribution in [2.45, 2.75) is 185 Å². The van der Waals surface area contributed by atoms with Gasteiger partial charge in [0.15, 0.2) is 0 Å². The highest BCUT2D eigenvalue weighted by atomic mass is 16.5. The minimum Gasteiger partial charge on any atom is -0.481 e. The van der Waals surface area contributed by atoms with Crippen molar-refractivity contribution in [3.63, 3.8) is 0 Å². The Morgan fingerprint density at radius 2 is 0.765 bits per heavy atom. The van der Waals surface area contributed by atoms with Gasteiger partial charge in [0, 0.05) is 58.3 Å². The van der Waals surface area contributed by atoms with Gasteiger partial charge in [0.2, 0.25) is 41.4 Å². The molecule has 466 valence electrons. The fraction of sp³-hybridized carbons (Fsp3) is 0.796. The first-order valence-corrected chi connectivity index (χ1v) is 28.7. The lowest BCUT2D eigenvalue weighted by molar-refractivity contribution is -0.143. The molecule has 7 amide bonds. The van der Waals surface area contributed by atoms with E-state index in [1.807, 2.05) is 0 Å². The number of aliphatic carboxylic acids is 4. The quantitative estimate of drug-likeness (QED) is 0.0385. The molecule has 0 aliphatic heterocycles. The molecule has 0 aliphatic rings. The molecule has 0 unspecified atom stereocenters. The molecule has 0 bridgehead atoms. The summed E-state index contributed by atoms with van der Waals surface area (Å²) in [4.78, 5) is 130. The molecule has 27 nitrogen and oxygen atoms in total. The smallest absolute Gasteiger partial charge is 0.326 e. The van der Waals surface area contributed by atoms with Crippen molar-refractivity contribution >= 4 is 65.2 Å². The molecule has 4 atom stereocenters. The highest BCUT2D eigenvalue weighted by molar-refractivity contribution is 5.86. The van der Waals surface area contributed by atoms with Crippen LogP contribution in [0.25, 0.3) is 0 Å². The Bertz CT molecular complexity index is 1830. The Balaban J connectivity index is 3.94. The summed E-state index contributed by atoms with van der Waals surface area (Å²) in [5.74, 6) is -8.61. The van der Waals surface area contributed by atoms with Crippen LogP contribution < -0.4 is 43.0 Å². The van der Waals surface area contributed by atoms with Crippen LogP contribution in [0.4, 0.5) is 0 Å². The lowest BCUT2D eigenvalue weighted by atomic mass is 9.99. The van der Waals surface area contributed by atoms with Crippen LogP contribution in [0.3, 0.4) is 0 Å². The van der Waals surface area contributed by atoms with E-state index in [2.05, 4.69) is 37.2 Å². The SMILES string of the molecule is CN[C@@H](CCCCNC(=O)CC[C@H](CCNC(=O)CC[C@H](NC(=O)COCCOCCNC(=O)COCCOCCNC(=O)CC[C@H](NC(=O)CCCCCCCCCCCCCCCCC(=O)O)C(=O)O)C(=O)O)C(=O)O)C(N)=O. The van der Waals surface area contributed by atoms with Crippen LogP contribution >= 0.6 is 0 Å². The third kappa shape index (κ3) is 47.3. The van der Waals surface area contributed by atoms with Gasteiger partial charge in [-0.2, -0.15) is 0 Å². The number of nitrogens with two attached hydrogens (primary N) is 1. The van der Waals surface area contributed by atoms with Gasteiger partial charge < -0.3 is 82.3 Å². The zero-order valence-electron chi connectivity index (χ0n) is 47.7. The summed E-state index contributed by atoms with van der Waals surface area (Å²) in [6.45, 7) is 0.440. The van der Waals surface area contributed by atoms with Gasteiger partial charge in [0.25, 0.3) is 0 Å². The fourth-order valence-corrected chi connectivity index (χ4v) is 8.07. The third-order valence-electron chi connectivity index (χ3n) is 12.8. The van der Waals surface area contributed by atoms with E-state index >= 15 is 0 Å². The van der Waals surface area contributed by atoms with Crippen LogP contribution in [0, 0.1) is 5.92 Å². The molecule has 0 radical (unpaired) electrons. The Morgan fingerprint density at radius 1 is 0.358 bits per heavy atom. The first-order chi connectivity index (χ1) is 38.9. The summed E-state index contributed by atoms with van der Waals surface area (Å²) >= 11 is 0. The van der Waals surface area contributed by atoms with Crippen LogP contribution in [0.15, 0.2) is 0 Å². The second kappa shape index (κ2) is 50.9. The molecular weight excluding hydrogens is 1060 g/mol. The molecule has 81 heavy (non-hydrogen) atoms. The number of amides is 7. The van der Waals surface area contributed by atoms with Gasteiger partial charge in [0.05, 0.1) is 51.6 Å². The van der Waals surface area contributed by atoms with Crippen molar-refractivity contribution in [2.75, 3.05) is 86.1 Å². The first-order valence-electron chi connectivity index (χ1n) is 28.7. The number of hydrogen-bond donors (Lipinski definition) is 12. The number of carbonyl (C=O) groups excluding carboxylic acids is 7. The van der Waals surface area contributed by atoms with Gasteiger partial charge in [-0.15, -0.1) is 0 Å². The van der Waals surface area contributed by atoms with E-state index in [0.717, 1.165) is 51.4 Å². The van der Waals surface area contributed by atoms with Gasteiger partial charge in [-0.1, -0.05) is 77.0 Å². The lowest BCUT2D eigenvalue weighted by Crippen LogP contribution is -2.43. The number of hydrogen-bond acceptors (Lipinski definition) is 16. The highest BCUT2D eigenvalue weighted by Gasteiger charge is 2.24. The summed E-state index contributed by atoms with van der Waals surface area (Å²) in [6.07, 6.45) is 16.4. The second-order valence-corrected chi connectivity index (χ2v) is 19.7. The van der Waals surface area contributed by atoms with Gasteiger partial charge in [-0.3, -0.25) is 43.2 Å². The van der Waals surface area contributed by atoms with Crippen LogP contribution in [-0.2, 0) is 71.7 Å². The molecule has 0 fully saturated rings. The van der Waals surface area contributed by atoms with E-state index in [0.29, 0.717) is 32.2 Å². The predicted molar refractivity (Wildman–Crippen MR) is 295 cm³/mol. The van der Waals surface area contributed by atoms with Gasteiger partial charge in [-0.05, 0) is 64.8 Å². The molecule has 0 aromatic carbocycles. The molecule has 13 N–H and O–H groups in total. The number of rotatable bonds is 57. The Morgan fingerprint density at radius 3 is 1.22 bits per heavy atom. The number of carbonyl (C=O) groups is 11. The molecule has 27 heteroatoms. The third-order valence-corrected chi connectivity index (χ3v) is 12.8. The van der Waals surface area contributed by atoms with Crippen LogP contribution in [0.5, 0.6) is 0 Å². The van der Waals surface area contributed by atoms with Crippen LogP contribution in [0.1, 0.15) is 167 Å². The number of nitrogens with one attached hydrogen (secondary N) is 7. The maximum absolute atomic E-state index is 12.4. The van der Waals surface area contributed by atoms with E-state index in [4.69, 9.17) is 29.8 Å². The summed E-state index contributed by atoms with van der Waals surface area (Å²) in [5, 5.41) is 55.4. The summed E-state index contributed by atoms with van der Waals surface area (Å²) in [6, 6.07) is -3.03. The van der Waals surface area contributed by atoms with Crippen molar-refractivity contribution in [1.82, 2.24) is 37.2 Å². The fourth-order valence-electron chi connectivity index (χ4n) is 8.07. The van der Waals surface area contributed by atoms with E-state index < -0.39 is 84.1 Å². The molecule has 0 saturated heterocycles. The minimum absolute atomic E-state index is 0.0222. The zero-order chi connectivity index (χ0) is 60.3. The number of unbranched alkanes of at least 4 members (excludes halogenated alkanes) is 14. The molecule has 0 aromatic rings. The van der Waals surface area contributed by atoms with Crippen molar-refractivity contribution in [3.05, 3.63) is 0 Å². The summed E-state index contributed by atoms with van der Waals surface area (Å²) in [7, 11) is 1.63. The summed E-state index contributed by atoms with van der Waals surface area (Å²) < 4.78 is 21.2. The monoisotopic (exact) mass is 1160 g/mol. The number of ether oxygens (including phenoxy) is 4. The van der Waals surface area contributed by atoms with E-state index in [1.54, 1.807) is 7.05 Å². The van der Waals surface area contributed by atoms with Crippen molar-refractivity contribution < 1.29 is 92.1 Å². The molecule has 0 heterocycles. The Labute approximate surface area is 476 Å². The average molecular weight is 1160 g/mol. The van der Waals surface area contributed by atoms with Gasteiger partial charge in [-0.25, -0.2) is 9.59 Å². The highest BCUT2D eigenvalue weighted by Crippen LogP contribution is 2.15. The zero-order valence-corrected chi connectivity index (χ0v) is 47.7. The largest absolute Gasteiger partial charge is 0.481 e. The number of carboxylic acids is 4. The number of primary amides is 1. The van der Waals surface area contributed by atoms with Crippen LogP contribution in [0.2, 0.25) is 0 Å². The van der Waals surface area contributed by atoms with Gasteiger partial charge >= 0.3 is 23.9 Å². The topological polar surface area (TPSA) is 416 Å². The first kappa shape index (κ1) is 75.0. The number of likely N-dealkylation sites (N-methyl/N-ethyl adjacent to an activating group) is 1. The van der Waals surface area contributed by atoms with Crippen molar-refractivity contribution in [1.29, 1.82) is 0 Å². The molecule has 0 rings (SSSR count). The van der Waals surface area contributed by atoms with E-state index in [9.17, 15) is 68.1 Å². The minimum atomic E-state index is -1.40. The average Bonchev–Trinajstić information content (AvgIpc) is 3.41.